The van der Waals surface area contributed by atoms with Crippen LogP contribution < -0.4 is 0 Å². The molecule has 0 amide bonds. The van der Waals surface area contributed by atoms with Gasteiger partial charge in [-0.1, -0.05) is 265 Å². The van der Waals surface area contributed by atoms with E-state index < -0.39 is 0 Å². The number of fused-ring (bicyclic) bond motifs is 6. The monoisotopic (exact) mass is 1340 g/mol. The molecule has 0 bridgehead atoms. The van der Waals surface area contributed by atoms with Crippen molar-refractivity contribution in [1.82, 2.24) is 24.1 Å². The first kappa shape index (κ1) is 66.5. The second kappa shape index (κ2) is 25.8. The summed E-state index contributed by atoms with van der Waals surface area (Å²) in [5, 5.41) is 4.55. The molecule has 6 heteroatoms. The highest BCUT2D eigenvalue weighted by atomic mass is 15.0. The Kier molecular flexibility index (Phi) is 16.5. The molecule has 16 rings (SSSR count). The predicted octanol–water partition coefficient (Wildman–Crippen LogP) is 26.8. The Hall–Kier alpha value is -12.0. The summed E-state index contributed by atoms with van der Waals surface area (Å²) in [4.78, 5) is 21.1. The van der Waals surface area contributed by atoms with Crippen molar-refractivity contribution in [2.75, 3.05) is 0 Å². The van der Waals surface area contributed by atoms with Crippen LogP contribution in [0.1, 0.15) is 105 Å². The van der Waals surface area contributed by atoms with Gasteiger partial charge in [0.25, 0.3) is 0 Å². The predicted molar refractivity (Wildman–Crippen MR) is 438 cm³/mol. The lowest BCUT2D eigenvalue weighted by Gasteiger charge is -2.26. The van der Waals surface area contributed by atoms with Crippen LogP contribution in [-0.4, -0.2) is 24.1 Å². The van der Waals surface area contributed by atoms with Crippen LogP contribution in [0.5, 0.6) is 0 Å². The minimum absolute atomic E-state index is 0.171. The summed E-state index contributed by atoms with van der Waals surface area (Å²) < 4.78 is 4.96. The number of nitrogens with zero attached hydrogens (tertiary/aromatic N) is 6. The van der Waals surface area contributed by atoms with E-state index in [-0.39, 0.29) is 21.7 Å². The third-order valence-electron chi connectivity index (χ3n) is 20.8. The van der Waals surface area contributed by atoms with Gasteiger partial charge in [0, 0.05) is 49.4 Å². The van der Waals surface area contributed by atoms with E-state index in [4.69, 9.17) is 21.5 Å². The Labute approximate surface area is 611 Å². The molecule has 0 atom stereocenters. The maximum atomic E-state index is 8.26. The molecule has 13 aromatic carbocycles. The molecule has 16 aromatic rings. The van der Waals surface area contributed by atoms with Crippen LogP contribution >= 0.6 is 0 Å². The summed E-state index contributed by atoms with van der Waals surface area (Å²) in [6.07, 6.45) is 0. The van der Waals surface area contributed by atoms with Crippen molar-refractivity contribution >= 4 is 49.3 Å². The van der Waals surface area contributed by atoms with Crippen LogP contribution in [0.2, 0.25) is 0 Å². The zero-order valence-electron chi connectivity index (χ0n) is 61.4. The van der Waals surface area contributed by atoms with Gasteiger partial charge in [-0.15, -0.1) is 0 Å². The second-order valence-corrected chi connectivity index (χ2v) is 32.1. The van der Waals surface area contributed by atoms with Crippen molar-refractivity contribution < 1.29 is 0 Å². The fourth-order valence-corrected chi connectivity index (χ4v) is 14.8. The molecular weight excluding hydrogens is 1260 g/mol. The highest BCUT2D eigenvalue weighted by Gasteiger charge is 2.29. The fraction of sp³-hybridized carbons (Fsp3) is 0.163. The average molecular weight is 1350 g/mol. The van der Waals surface area contributed by atoms with E-state index in [1.165, 1.54) is 22.3 Å². The molecule has 0 N–H and O–H groups in total. The van der Waals surface area contributed by atoms with E-state index in [1.54, 1.807) is 0 Å². The van der Waals surface area contributed by atoms with Crippen LogP contribution in [0.25, 0.3) is 161 Å². The highest BCUT2D eigenvalue weighted by Crippen LogP contribution is 2.47. The Balaban J connectivity index is 1.04. The summed E-state index contributed by atoms with van der Waals surface area (Å²) in [5.74, 6) is 1.76. The maximum absolute atomic E-state index is 8.26. The van der Waals surface area contributed by atoms with Gasteiger partial charge >= 0.3 is 0 Å². The first-order valence-electron chi connectivity index (χ1n) is 36.2. The third-order valence-corrected chi connectivity index (χ3v) is 20.8. The number of benzene rings is 13. The minimum atomic E-state index is -0.171. The standard InChI is InChI=1S/C98H84N6/c1-95(2,3)75-49-73(50-76(60-75)96(4,5)6)93-100-92(101-94(102-93)74-51-77(97(7,8)9)61-78(52-74)98(10,11)12)72-42-48-91(104-88-45-39-69(64-31-22-16-23-32-64)56-82(88)83-57-70(40-46-89(83)104)65-33-24-17-25-34-65)85(59-72)84-58-71(66-35-26-36-79(53-66)99-13)41-47-90(84)103-86-43-37-67(62-27-18-14-19-28-62)54-80(86)81-55-68(38-44-87(81)103)63-29-20-15-21-30-63/h14-61H,1-12H3. The molecule has 506 valence electrons. The van der Waals surface area contributed by atoms with E-state index >= 15 is 0 Å². The molecule has 0 radical (unpaired) electrons. The second-order valence-electron chi connectivity index (χ2n) is 32.1. The lowest BCUT2D eigenvalue weighted by Crippen LogP contribution is -2.17. The van der Waals surface area contributed by atoms with Gasteiger partial charge in [-0.25, -0.2) is 19.8 Å². The maximum Gasteiger partial charge on any atom is 0.187 e. The normalized spacial score (nSPS) is 12.2. The van der Waals surface area contributed by atoms with Gasteiger partial charge in [-0.05, 0) is 209 Å². The van der Waals surface area contributed by atoms with E-state index in [2.05, 4.69) is 370 Å². The number of rotatable bonds is 11. The summed E-state index contributed by atoms with van der Waals surface area (Å²) in [7, 11) is 0. The molecule has 0 aliphatic rings. The van der Waals surface area contributed by atoms with Gasteiger partial charge in [0.05, 0.1) is 40.0 Å². The van der Waals surface area contributed by atoms with Gasteiger partial charge in [0.1, 0.15) is 0 Å². The molecule has 104 heavy (non-hydrogen) atoms. The van der Waals surface area contributed by atoms with Crippen LogP contribution in [0, 0.1) is 6.57 Å². The Morgan fingerprint density at radius 2 is 0.510 bits per heavy atom. The van der Waals surface area contributed by atoms with Crippen molar-refractivity contribution in [3.05, 3.63) is 325 Å². The zero-order valence-corrected chi connectivity index (χ0v) is 61.4. The summed E-state index contributed by atoms with van der Waals surface area (Å²) in [6.45, 7) is 35.7. The van der Waals surface area contributed by atoms with Crippen molar-refractivity contribution in [3.63, 3.8) is 0 Å². The molecule has 0 aliphatic heterocycles. The third kappa shape index (κ3) is 12.6. The minimum Gasteiger partial charge on any atom is -0.309 e. The summed E-state index contributed by atoms with van der Waals surface area (Å²) >= 11 is 0. The molecule has 3 heterocycles. The quantitative estimate of drug-likeness (QED) is 0.121. The lowest BCUT2D eigenvalue weighted by molar-refractivity contribution is 0.568. The molecule has 0 unspecified atom stereocenters. The van der Waals surface area contributed by atoms with Crippen LogP contribution in [0.15, 0.2) is 291 Å². The Morgan fingerprint density at radius 3 is 0.827 bits per heavy atom. The average Bonchev–Trinajstić information content (AvgIpc) is 1.54. The van der Waals surface area contributed by atoms with Crippen molar-refractivity contribution in [3.8, 4) is 112 Å². The molecule has 0 saturated heterocycles. The van der Waals surface area contributed by atoms with E-state index in [0.717, 1.165) is 138 Å². The number of hydrogen-bond acceptors (Lipinski definition) is 3. The van der Waals surface area contributed by atoms with E-state index in [0.29, 0.717) is 23.2 Å². The molecule has 0 spiro atoms. The van der Waals surface area contributed by atoms with Crippen molar-refractivity contribution in [2.24, 2.45) is 0 Å². The Morgan fingerprint density at radius 1 is 0.240 bits per heavy atom. The van der Waals surface area contributed by atoms with Gasteiger partial charge in [0.2, 0.25) is 0 Å². The van der Waals surface area contributed by atoms with Gasteiger partial charge in [-0.2, -0.15) is 0 Å². The highest BCUT2D eigenvalue weighted by molar-refractivity contribution is 6.14. The SMILES string of the molecule is [C-]#[N+]c1cccc(-c2ccc(-n3c4ccc(-c5ccccc5)cc4c4cc(-c5ccccc5)ccc43)c(-c3cc(-c4nc(-c5cc(C(C)(C)C)cc(C(C)(C)C)c5)nc(-c5cc(C(C)(C)C)cc(C(C)(C)C)c5)n4)ccc3-n3c4ccc(-c5ccccc5)cc4c4cc(-c5ccccc5)ccc43)c2)c1. The van der Waals surface area contributed by atoms with Crippen LogP contribution in [0.3, 0.4) is 0 Å². The lowest BCUT2D eigenvalue weighted by atomic mass is 9.79. The van der Waals surface area contributed by atoms with Crippen molar-refractivity contribution in [2.45, 2.75) is 105 Å². The number of hydrogen-bond donors (Lipinski definition) is 0. The van der Waals surface area contributed by atoms with Gasteiger partial charge in [-0.3, -0.25) is 0 Å². The largest absolute Gasteiger partial charge is 0.309 e. The first-order valence-corrected chi connectivity index (χ1v) is 36.2. The molecular formula is C98H84N6. The molecule has 6 nitrogen and oxygen atoms in total. The van der Waals surface area contributed by atoms with Gasteiger partial charge < -0.3 is 9.13 Å². The zero-order chi connectivity index (χ0) is 72.0. The van der Waals surface area contributed by atoms with Crippen LogP contribution in [-0.2, 0) is 21.7 Å². The van der Waals surface area contributed by atoms with Crippen molar-refractivity contribution in [1.29, 1.82) is 0 Å². The molecule has 0 aliphatic carbocycles. The van der Waals surface area contributed by atoms with Gasteiger partial charge in [0.15, 0.2) is 23.2 Å². The van der Waals surface area contributed by atoms with Crippen LogP contribution in [0.4, 0.5) is 5.69 Å². The van der Waals surface area contributed by atoms with E-state index in [9.17, 15) is 0 Å². The number of aromatic nitrogens is 5. The summed E-state index contributed by atoms with van der Waals surface area (Å²) in [6, 6.07) is 106. The topological polar surface area (TPSA) is 52.9 Å². The molecule has 0 saturated carbocycles. The van der Waals surface area contributed by atoms with E-state index in [1.807, 2.05) is 18.2 Å². The fourth-order valence-electron chi connectivity index (χ4n) is 14.8. The molecule has 0 fully saturated rings. The first-order chi connectivity index (χ1) is 50.0. The summed E-state index contributed by atoms with van der Waals surface area (Å²) in [5.41, 5.74) is 26.6. The Bertz CT molecular complexity index is 5710. The smallest absolute Gasteiger partial charge is 0.187 e. The molecule has 3 aromatic heterocycles.